The Labute approximate surface area is 407 Å². The zero-order valence-electron chi connectivity index (χ0n) is 38.9. The van der Waals surface area contributed by atoms with Gasteiger partial charge in [-0.25, -0.2) is 13.8 Å². The van der Waals surface area contributed by atoms with Crippen molar-refractivity contribution in [3.8, 4) is 16.9 Å². The highest BCUT2D eigenvalue weighted by atomic mass is 35.5. The third kappa shape index (κ3) is 12.1. The number of hydrogen-bond donors (Lipinski definition) is 3. The van der Waals surface area contributed by atoms with Crippen LogP contribution in [0.15, 0.2) is 42.5 Å². The molecule has 6 amide bonds. The molecular weight excluding hydrogens is 938 g/mol. The highest BCUT2D eigenvalue weighted by molar-refractivity contribution is 6.34. The average Bonchev–Trinajstić information content (AvgIpc) is 3.59. The summed E-state index contributed by atoms with van der Waals surface area (Å²) in [6, 6.07) is 9.08. The van der Waals surface area contributed by atoms with E-state index in [1.807, 2.05) is 4.90 Å². The number of hydrogen-bond acceptors (Lipinski definition) is 15. The summed E-state index contributed by atoms with van der Waals surface area (Å²) in [5, 5.41) is 15.8. The first kappa shape index (κ1) is 51.5. The van der Waals surface area contributed by atoms with Crippen molar-refractivity contribution in [3.63, 3.8) is 0 Å². The number of nitrogens with zero attached hydrogens (tertiary/aromatic N) is 6. The van der Waals surface area contributed by atoms with Gasteiger partial charge in [0.25, 0.3) is 11.8 Å². The monoisotopic (exact) mass is 992 g/mol. The Morgan fingerprint density at radius 1 is 0.871 bits per heavy atom. The van der Waals surface area contributed by atoms with E-state index < -0.39 is 52.6 Å². The van der Waals surface area contributed by atoms with E-state index in [0.717, 1.165) is 11.0 Å². The maximum absolute atomic E-state index is 16.4. The number of phenolic OH excluding ortho intramolecular Hbond substituents is 1. The lowest BCUT2D eigenvalue weighted by atomic mass is 9.99. The van der Waals surface area contributed by atoms with Crippen molar-refractivity contribution in [1.82, 2.24) is 30.0 Å². The number of carbonyl (C=O) groups is 6. The van der Waals surface area contributed by atoms with Gasteiger partial charge < -0.3 is 44.1 Å². The van der Waals surface area contributed by atoms with Crippen LogP contribution in [0.2, 0.25) is 5.02 Å². The van der Waals surface area contributed by atoms with Crippen LogP contribution in [-0.4, -0.2) is 170 Å². The van der Waals surface area contributed by atoms with Crippen LogP contribution in [0, 0.1) is 11.6 Å². The molecule has 0 saturated carbocycles. The summed E-state index contributed by atoms with van der Waals surface area (Å²) >= 11 is 6.55. The molecule has 4 aromatic rings. The molecule has 0 spiro atoms. The van der Waals surface area contributed by atoms with Gasteiger partial charge >= 0.3 is 0 Å². The number of nitrogens with one attached hydrogen (secondary N) is 2. The topological polar surface area (TPSA) is 222 Å². The number of amides is 6. The zero-order valence-corrected chi connectivity index (χ0v) is 39.7. The summed E-state index contributed by atoms with van der Waals surface area (Å²) in [5.74, 6) is -4.38. The third-order valence-corrected chi connectivity index (χ3v) is 12.5. The third-order valence-electron chi connectivity index (χ3n) is 12.2. The number of imide groups is 2. The summed E-state index contributed by atoms with van der Waals surface area (Å²) in [6.07, 6.45) is 1.27. The number of halogens is 3. The molecule has 19 nitrogen and oxygen atoms in total. The summed E-state index contributed by atoms with van der Waals surface area (Å²) in [5.41, 5.74) is 0.295. The van der Waals surface area contributed by atoms with Crippen molar-refractivity contribution in [2.24, 2.45) is 0 Å². The van der Waals surface area contributed by atoms with Crippen molar-refractivity contribution in [3.05, 3.63) is 75.8 Å². The van der Waals surface area contributed by atoms with Crippen molar-refractivity contribution in [2.75, 3.05) is 109 Å². The lowest BCUT2D eigenvalue weighted by Gasteiger charge is -2.35. The molecule has 3 aromatic carbocycles. The minimum atomic E-state index is -1.02. The van der Waals surface area contributed by atoms with E-state index in [4.69, 9.17) is 30.5 Å². The molecule has 2 saturated heterocycles. The fourth-order valence-electron chi connectivity index (χ4n) is 8.44. The van der Waals surface area contributed by atoms with Gasteiger partial charge in [0, 0.05) is 83.6 Å². The molecule has 374 valence electrons. The first-order valence-electron chi connectivity index (χ1n) is 23.1. The van der Waals surface area contributed by atoms with E-state index in [2.05, 4.69) is 20.6 Å². The first-order valence-corrected chi connectivity index (χ1v) is 23.4. The van der Waals surface area contributed by atoms with Crippen LogP contribution in [0.3, 0.4) is 0 Å². The molecule has 0 aliphatic carbocycles. The summed E-state index contributed by atoms with van der Waals surface area (Å²) in [6.45, 7) is 6.17. The number of benzene rings is 3. The second-order valence-corrected chi connectivity index (χ2v) is 17.2. The van der Waals surface area contributed by atoms with E-state index in [0.29, 0.717) is 103 Å². The van der Waals surface area contributed by atoms with Crippen LogP contribution < -0.4 is 15.5 Å². The number of aromatic hydroxyl groups is 1. The molecule has 1 unspecified atom stereocenters. The standard InChI is InChI=1S/C48H55ClF2N8O11/c1-29(60)57-15-17-58(18-16-57)44-32-28-33(49)40(41-34(50)9-4-10-36(41)61)42(51)43(32)54-48(55-44)52-14-13-38(63)56(2)19-21-68-23-25-70-27-26-69-24-22-67-20-5-7-30-6-3-8-31-39(30)47(66)59(46(31)65)35-11-12-37(62)53-45(35)64/h3-4,6,8-10,28,35,61H,5,7,11-27H2,1-2H3,(H,52,54,55)(H,53,62,64). The number of anilines is 2. The number of piperazine rings is 1. The average molecular weight is 993 g/mol. The number of piperidine rings is 1. The molecule has 3 aliphatic heterocycles. The molecule has 1 aromatic heterocycles. The fraction of sp³-hybridized carbons (Fsp3) is 0.458. The number of carbonyl (C=O) groups excluding carboxylic acids is 6. The number of aryl methyl sites for hydroxylation is 1. The molecule has 22 heteroatoms. The second-order valence-electron chi connectivity index (χ2n) is 16.8. The summed E-state index contributed by atoms with van der Waals surface area (Å²) in [4.78, 5) is 90.4. The van der Waals surface area contributed by atoms with Gasteiger partial charge in [0.2, 0.25) is 29.6 Å². The molecule has 70 heavy (non-hydrogen) atoms. The van der Waals surface area contributed by atoms with Crippen molar-refractivity contribution in [1.29, 1.82) is 0 Å². The number of fused-ring (bicyclic) bond motifs is 2. The highest BCUT2D eigenvalue weighted by Crippen LogP contribution is 2.42. The van der Waals surface area contributed by atoms with E-state index >= 15 is 4.39 Å². The molecule has 0 bridgehead atoms. The van der Waals surface area contributed by atoms with Crippen LogP contribution in [0.1, 0.15) is 58.9 Å². The smallest absolute Gasteiger partial charge is 0.262 e. The lowest BCUT2D eigenvalue weighted by molar-refractivity contribution is -0.136. The van der Waals surface area contributed by atoms with Crippen LogP contribution in [0.4, 0.5) is 20.5 Å². The lowest BCUT2D eigenvalue weighted by Crippen LogP contribution is -2.54. The van der Waals surface area contributed by atoms with E-state index in [1.165, 1.54) is 30.0 Å². The Hall–Kier alpha value is -6.39. The number of aromatic nitrogens is 2. The van der Waals surface area contributed by atoms with Gasteiger partial charge in [0.1, 0.15) is 28.9 Å². The molecule has 2 fully saturated rings. The highest BCUT2D eigenvalue weighted by Gasteiger charge is 2.45. The van der Waals surface area contributed by atoms with E-state index in [1.54, 1.807) is 30.1 Å². The van der Waals surface area contributed by atoms with Gasteiger partial charge in [-0.15, -0.1) is 0 Å². The maximum atomic E-state index is 16.4. The SMILES string of the molecule is CC(=O)N1CCN(c2nc(NCCC(=O)N(C)CCOCCOCCOCCOCCCc3cccc4c3C(=O)N(C3CCC(=O)NC3=O)C4=O)nc3c(F)c(-c4c(O)cccc4F)c(Cl)cc23)CC1. The zero-order chi connectivity index (χ0) is 49.9. The number of phenols is 1. The Morgan fingerprint density at radius 2 is 1.54 bits per heavy atom. The summed E-state index contributed by atoms with van der Waals surface area (Å²) in [7, 11) is 1.65. The number of rotatable bonds is 23. The molecule has 1 atom stereocenters. The van der Waals surface area contributed by atoms with Crippen LogP contribution >= 0.6 is 11.6 Å². The fourth-order valence-corrected chi connectivity index (χ4v) is 8.73. The molecule has 4 heterocycles. The van der Waals surface area contributed by atoms with Crippen LogP contribution in [0.5, 0.6) is 5.75 Å². The molecule has 7 rings (SSSR count). The van der Waals surface area contributed by atoms with Gasteiger partial charge in [-0.05, 0) is 49.1 Å². The quantitative estimate of drug-likeness (QED) is 0.0707. The van der Waals surface area contributed by atoms with E-state index in [9.17, 15) is 38.3 Å². The second kappa shape index (κ2) is 24.0. The van der Waals surface area contributed by atoms with Gasteiger partial charge in [-0.1, -0.05) is 29.8 Å². The number of likely N-dealkylation sites (N-methyl/N-ethyl adjacent to an activating group) is 1. The maximum Gasteiger partial charge on any atom is 0.262 e. The first-order chi connectivity index (χ1) is 33.7. The van der Waals surface area contributed by atoms with Gasteiger partial charge in [-0.2, -0.15) is 4.98 Å². The van der Waals surface area contributed by atoms with Crippen molar-refractivity contribution < 1.29 is 61.6 Å². The molecule has 3 aliphatic rings. The Morgan fingerprint density at radius 3 is 2.21 bits per heavy atom. The Balaban J connectivity index is 0.768. The predicted molar refractivity (Wildman–Crippen MR) is 251 cm³/mol. The van der Waals surface area contributed by atoms with E-state index in [-0.39, 0.29) is 82.8 Å². The predicted octanol–water partition coefficient (Wildman–Crippen LogP) is 3.96. The largest absolute Gasteiger partial charge is 0.507 e. The van der Waals surface area contributed by atoms with Gasteiger partial charge in [-0.3, -0.25) is 39.0 Å². The molecule has 3 N–H and O–H groups in total. The molecular formula is C48H55ClF2N8O11. The Kier molecular flexibility index (Phi) is 17.6. The van der Waals surface area contributed by atoms with Crippen molar-refractivity contribution in [2.45, 2.75) is 45.1 Å². The van der Waals surface area contributed by atoms with Crippen LogP contribution in [-0.2, 0) is 44.5 Å². The Bertz CT molecular complexity index is 2600. The molecule has 0 radical (unpaired) electrons. The van der Waals surface area contributed by atoms with Gasteiger partial charge in [0.15, 0.2) is 5.82 Å². The summed E-state index contributed by atoms with van der Waals surface area (Å²) < 4.78 is 53.8. The minimum Gasteiger partial charge on any atom is -0.507 e. The van der Waals surface area contributed by atoms with Gasteiger partial charge in [0.05, 0.1) is 68.0 Å². The number of ether oxygens (including phenoxy) is 4. The minimum absolute atomic E-state index is 0.0163. The van der Waals surface area contributed by atoms with Crippen molar-refractivity contribution >= 4 is 69.7 Å². The normalized spacial score (nSPS) is 16.0. The van der Waals surface area contributed by atoms with Crippen LogP contribution in [0.25, 0.3) is 22.0 Å².